The molecule has 0 radical (unpaired) electrons. The smallest absolute Gasteiger partial charge is 0.221 e. The Morgan fingerprint density at radius 2 is 2.35 bits per heavy atom. The topological polar surface area (TPSA) is 70.6 Å². The van der Waals surface area contributed by atoms with Gasteiger partial charge in [-0.2, -0.15) is 0 Å². The lowest BCUT2D eigenvalue weighted by Crippen LogP contribution is -2.44. The van der Waals surface area contributed by atoms with Crippen LogP contribution in [0.2, 0.25) is 0 Å². The monoisotopic (exact) mass is 282 g/mol. The van der Waals surface area contributed by atoms with Crippen molar-refractivity contribution in [2.45, 2.75) is 18.6 Å². The van der Waals surface area contributed by atoms with E-state index in [2.05, 4.69) is 10.6 Å². The number of carbonyl (C=O) groups is 1. The molecule has 1 aromatic carbocycles. The number of morpholine rings is 1. The van der Waals surface area contributed by atoms with E-state index in [1.54, 1.807) is 12.1 Å². The third-order valence-electron chi connectivity index (χ3n) is 3.19. The van der Waals surface area contributed by atoms with Crippen molar-refractivity contribution in [1.82, 2.24) is 10.6 Å². The standard InChI is InChI=1S/C14H19FN2O3/c15-12-4-2-1-3-11(12)13(18)8-17-14(19)7-10-9-20-6-5-16-10/h1-4,10,13,16,18H,5-9H2,(H,17,19). The summed E-state index contributed by atoms with van der Waals surface area (Å²) in [4.78, 5) is 11.7. The fraction of sp³-hybridized carbons (Fsp3) is 0.500. The molecule has 0 bridgehead atoms. The summed E-state index contributed by atoms with van der Waals surface area (Å²) >= 11 is 0. The minimum Gasteiger partial charge on any atom is -0.386 e. The molecule has 2 atom stereocenters. The lowest BCUT2D eigenvalue weighted by molar-refractivity contribution is -0.122. The quantitative estimate of drug-likeness (QED) is 0.729. The SMILES string of the molecule is O=C(CC1COCCN1)NCC(O)c1ccccc1F. The highest BCUT2D eigenvalue weighted by atomic mass is 19.1. The van der Waals surface area contributed by atoms with E-state index in [1.807, 2.05) is 0 Å². The number of nitrogens with one attached hydrogen (secondary N) is 2. The van der Waals surface area contributed by atoms with Gasteiger partial charge in [0.2, 0.25) is 5.91 Å². The molecule has 0 saturated carbocycles. The molecule has 20 heavy (non-hydrogen) atoms. The Kier molecular flexibility index (Phi) is 5.46. The third kappa shape index (κ3) is 4.26. The molecule has 0 aliphatic carbocycles. The highest BCUT2D eigenvalue weighted by Crippen LogP contribution is 2.15. The second-order valence-corrected chi connectivity index (χ2v) is 4.77. The minimum absolute atomic E-state index is 0.00523. The number of amides is 1. The van der Waals surface area contributed by atoms with Gasteiger partial charge >= 0.3 is 0 Å². The molecular weight excluding hydrogens is 263 g/mol. The van der Waals surface area contributed by atoms with Crippen LogP contribution in [0.3, 0.4) is 0 Å². The van der Waals surface area contributed by atoms with Gasteiger partial charge in [-0.25, -0.2) is 4.39 Å². The first-order chi connectivity index (χ1) is 9.66. The molecule has 2 rings (SSSR count). The minimum atomic E-state index is -1.05. The van der Waals surface area contributed by atoms with E-state index in [0.717, 1.165) is 6.54 Å². The van der Waals surface area contributed by atoms with Crippen LogP contribution in [-0.2, 0) is 9.53 Å². The van der Waals surface area contributed by atoms with Gasteiger partial charge in [-0.15, -0.1) is 0 Å². The van der Waals surface area contributed by atoms with Gasteiger partial charge in [0.1, 0.15) is 5.82 Å². The maximum atomic E-state index is 13.4. The van der Waals surface area contributed by atoms with Crippen LogP contribution < -0.4 is 10.6 Å². The molecule has 1 fully saturated rings. The van der Waals surface area contributed by atoms with Crippen LogP contribution in [0.1, 0.15) is 18.1 Å². The van der Waals surface area contributed by atoms with Crippen LogP contribution >= 0.6 is 0 Å². The van der Waals surface area contributed by atoms with Crippen LogP contribution in [-0.4, -0.2) is 43.4 Å². The first-order valence-corrected chi connectivity index (χ1v) is 6.67. The van der Waals surface area contributed by atoms with E-state index in [0.29, 0.717) is 13.2 Å². The molecule has 0 spiro atoms. The van der Waals surface area contributed by atoms with Gasteiger partial charge in [0.05, 0.1) is 19.3 Å². The van der Waals surface area contributed by atoms with E-state index < -0.39 is 11.9 Å². The summed E-state index contributed by atoms with van der Waals surface area (Å²) in [5, 5.41) is 15.6. The molecule has 3 N–H and O–H groups in total. The number of rotatable bonds is 5. The Hall–Kier alpha value is -1.50. The number of hydrogen-bond donors (Lipinski definition) is 3. The summed E-state index contributed by atoms with van der Waals surface area (Å²) in [6, 6.07) is 5.98. The van der Waals surface area contributed by atoms with Crippen LogP contribution in [0.25, 0.3) is 0 Å². The van der Waals surface area contributed by atoms with Crippen LogP contribution in [0.15, 0.2) is 24.3 Å². The maximum absolute atomic E-state index is 13.4. The third-order valence-corrected chi connectivity index (χ3v) is 3.19. The van der Waals surface area contributed by atoms with Crippen molar-refractivity contribution in [2.75, 3.05) is 26.3 Å². The Labute approximate surface area is 117 Å². The lowest BCUT2D eigenvalue weighted by Gasteiger charge is -2.23. The van der Waals surface area contributed by atoms with Crippen LogP contribution in [0.5, 0.6) is 0 Å². The van der Waals surface area contributed by atoms with E-state index in [1.165, 1.54) is 12.1 Å². The summed E-state index contributed by atoms with van der Waals surface area (Å²) in [6.45, 7) is 1.89. The molecule has 5 nitrogen and oxygen atoms in total. The fourth-order valence-corrected chi connectivity index (χ4v) is 2.11. The van der Waals surface area contributed by atoms with Crippen molar-refractivity contribution in [3.05, 3.63) is 35.6 Å². The molecule has 1 aromatic rings. The number of ether oxygens (including phenoxy) is 1. The van der Waals surface area contributed by atoms with Gasteiger partial charge < -0.3 is 20.5 Å². The molecule has 1 aliphatic heterocycles. The van der Waals surface area contributed by atoms with E-state index in [-0.39, 0.29) is 30.5 Å². The summed E-state index contributed by atoms with van der Waals surface area (Å²) in [5.74, 6) is -0.667. The average molecular weight is 282 g/mol. The zero-order valence-corrected chi connectivity index (χ0v) is 11.1. The van der Waals surface area contributed by atoms with Gasteiger partial charge in [0, 0.05) is 31.1 Å². The Morgan fingerprint density at radius 3 is 3.05 bits per heavy atom. The zero-order valence-electron chi connectivity index (χ0n) is 11.1. The zero-order chi connectivity index (χ0) is 14.4. The number of aliphatic hydroxyl groups is 1. The summed E-state index contributed by atoms with van der Waals surface area (Å²) < 4.78 is 18.7. The first-order valence-electron chi connectivity index (χ1n) is 6.67. The van der Waals surface area contributed by atoms with Crippen LogP contribution in [0.4, 0.5) is 4.39 Å². The lowest BCUT2D eigenvalue weighted by atomic mass is 10.1. The predicted octanol–water partition coefficient (Wildman–Crippen LogP) is 0.354. The van der Waals surface area contributed by atoms with Gasteiger partial charge in [-0.3, -0.25) is 4.79 Å². The average Bonchev–Trinajstić information content (AvgIpc) is 2.46. The molecule has 110 valence electrons. The number of hydrogen-bond acceptors (Lipinski definition) is 4. The van der Waals surface area contributed by atoms with E-state index in [9.17, 15) is 14.3 Å². The highest BCUT2D eigenvalue weighted by Gasteiger charge is 2.18. The van der Waals surface area contributed by atoms with E-state index >= 15 is 0 Å². The van der Waals surface area contributed by atoms with Crippen molar-refractivity contribution >= 4 is 5.91 Å². The van der Waals surface area contributed by atoms with Crippen molar-refractivity contribution in [1.29, 1.82) is 0 Å². The normalized spacial score (nSPS) is 20.4. The number of halogens is 1. The molecular formula is C14H19FN2O3. The van der Waals surface area contributed by atoms with Gasteiger partial charge in [-0.1, -0.05) is 18.2 Å². The van der Waals surface area contributed by atoms with Crippen molar-refractivity contribution in [3.8, 4) is 0 Å². The molecule has 2 unspecified atom stereocenters. The van der Waals surface area contributed by atoms with Crippen molar-refractivity contribution in [2.24, 2.45) is 0 Å². The Balaban J connectivity index is 1.76. The molecule has 1 aliphatic rings. The summed E-state index contributed by atoms with van der Waals surface area (Å²) in [5.41, 5.74) is 0.187. The van der Waals surface area contributed by atoms with Gasteiger partial charge in [-0.05, 0) is 6.07 Å². The number of carbonyl (C=O) groups excluding carboxylic acids is 1. The van der Waals surface area contributed by atoms with Crippen molar-refractivity contribution < 1.29 is 19.0 Å². The molecule has 1 saturated heterocycles. The summed E-state index contributed by atoms with van der Waals surface area (Å²) in [7, 11) is 0. The fourth-order valence-electron chi connectivity index (χ4n) is 2.11. The molecule has 0 aromatic heterocycles. The van der Waals surface area contributed by atoms with E-state index in [4.69, 9.17) is 4.74 Å². The molecule has 1 amide bonds. The predicted molar refractivity (Wildman–Crippen MR) is 71.6 cm³/mol. The maximum Gasteiger partial charge on any atom is 0.221 e. The highest BCUT2D eigenvalue weighted by molar-refractivity contribution is 5.76. The van der Waals surface area contributed by atoms with Crippen molar-refractivity contribution in [3.63, 3.8) is 0 Å². The molecule has 6 heteroatoms. The summed E-state index contributed by atoms with van der Waals surface area (Å²) in [6.07, 6.45) is -0.764. The number of aliphatic hydroxyl groups excluding tert-OH is 1. The van der Waals surface area contributed by atoms with Gasteiger partial charge in [0.15, 0.2) is 0 Å². The largest absolute Gasteiger partial charge is 0.386 e. The molecule has 1 heterocycles. The number of benzene rings is 1. The Morgan fingerprint density at radius 1 is 1.55 bits per heavy atom. The second-order valence-electron chi connectivity index (χ2n) is 4.77. The van der Waals surface area contributed by atoms with Gasteiger partial charge in [0.25, 0.3) is 0 Å². The van der Waals surface area contributed by atoms with Crippen LogP contribution in [0, 0.1) is 5.82 Å². The Bertz CT molecular complexity index is 450. The first kappa shape index (κ1) is 14.9. The second kappa shape index (κ2) is 7.33.